The summed E-state index contributed by atoms with van der Waals surface area (Å²) in [4.78, 5) is 28.8. The molecular formula is C21H23N3O3. The van der Waals surface area contributed by atoms with Crippen molar-refractivity contribution in [2.24, 2.45) is 4.99 Å². The van der Waals surface area contributed by atoms with Crippen molar-refractivity contribution in [3.05, 3.63) is 64.7 Å². The minimum atomic E-state index is -0.454. The zero-order valence-electron chi connectivity index (χ0n) is 15.7. The van der Waals surface area contributed by atoms with E-state index in [1.165, 1.54) is 0 Å². The molecule has 1 aliphatic rings. The lowest BCUT2D eigenvalue weighted by Gasteiger charge is -2.24. The number of nitrogens with zero attached hydrogens (tertiary/aromatic N) is 1. The standard InChI is InChI=1S/C21H23N3O3/c1-4-27-19(25)12-22-21(26)16-10-7-9-15(13(16)2)20-17-8-5-6-11-18(17)23-14(3)24-20/h5-11,14,23H,4,12H2,1-3H3,(H,22,26). The molecule has 2 aromatic carbocycles. The van der Waals surface area contributed by atoms with Crippen LogP contribution in [-0.4, -0.2) is 36.9 Å². The molecule has 6 heteroatoms. The van der Waals surface area contributed by atoms with Gasteiger partial charge in [0.1, 0.15) is 12.7 Å². The van der Waals surface area contributed by atoms with Gasteiger partial charge in [0.15, 0.2) is 0 Å². The monoisotopic (exact) mass is 365 g/mol. The van der Waals surface area contributed by atoms with Gasteiger partial charge in [-0.05, 0) is 38.5 Å². The smallest absolute Gasteiger partial charge is 0.325 e. The number of anilines is 1. The van der Waals surface area contributed by atoms with Crippen molar-refractivity contribution in [2.75, 3.05) is 18.5 Å². The number of esters is 1. The highest BCUT2D eigenvalue weighted by Gasteiger charge is 2.22. The van der Waals surface area contributed by atoms with Crippen LogP contribution in [-0.2, 0) is 9.53 Å². The molecule has 0 bridgehead atoms. The van der Waals surface area contributed by atoms with Gasteiger partial charge in [-0.15, -0.1) is 0 Å². The van der Waals surface area contributed by atoms with Crippen molar-refractivity contribution in [3.63, 3.8) is 0 Å². The number of nitrogens with one attached hydrogen (secondary N) is 2. The lowest BCUT2D eigenvalue weighted by molar-refractivity contribution is -0.141. The summed E-state index contributed by atoms with van der Waals surface area (Å²) in [5, 5.41) is 5.96. The third-order valence-corrected chi connectivity index (χ3v) is 4.40. The molecule has 6 nitrogen and oxygen atoms in total. The normalized spacial score (nSPS) is 15.2. The number of hydrogen-bond donors (Lipinski definition) is 2. The van der Waals surface area contributed by atoms with Crippen molar-refractivity contribution in [3.8, 4) is 0 Å². The maximum Gasteiger partial charge on any atom is 0.325 e. The van der Waals surface area contributed by atoms with Crippen LogP contribution in [0.4, 0.5) is 5.69 Å². The van der Waals surface area contributed by atoms with Gasteiger partial charge in [-0.2, -0.15) is 0 Å². The second kappa shape index (κ2) is 8.03. The van der Waals surface area contributed by atoms with E-state index < -0.39 is 5.97 Å². The molecule has 0 aromatic heterocycles. The second-order valence-electron chi connectivity index (χ2n) is 6.31. The van der Waals surface area contributed by atoms with Crippen LogP contribution >= 0.6 is 0 Å². The summed E-state index contributed by atoms with van der Waals surface area (Å²) in [5.41, 5.74) is 5.12. The van der Waals surface area contributed by atoms with Gasteiger partial charge in [-0.3, -0.25) is 14.6 Å². The summed E-state index contributed by atoms with van der Waals surface area (Å²) in [6.45, 7) is 5.75. The number of amides is 1. The summed E-state index contributed by atoms with van der Waals surface area (Å²) < 4.78 is 4.85. The van der Waals surface area contributed by atoms with E-state index in [-0.39, 0.29) is 25.2 Å². The number of fused-ring (bicyclic) bond motifs is 1. The number of ether oxygens (including phenoxy) is 1. The number of rotatable bonds is 5. The molecule has 3 rings (SSSR count). The molecule has 0 spiro atoms. The maximum atomic E-state index is 12.5. The predicted molar refractivity (Wildman–Crippen MR) is 105 cm³/mol. The lowest BCUT2D eigenvalue weighted by atomic mass is 9.92. The van der Waals surface area contributed by atoms with Gasteiger partial charge in [-0.25, -0.2) is 0 Å². The first-order chi connectivity index (χ1) is 13.0. The highest BCUT2D eigenvalue weighted by molar-refractivity contribution is 6.18. The summed E-state index contributed by atoms with van der Waals surface area (Å²) in [7, 11) is 0. The van der Waals surface area contributed by atoms with Crippen LogP contribution in [0.2, 0.25) is 0 Å². The molecule has 140 valence electrons. The second-order valence-corrected chi connectivity index (χ2v) is 6.31. The number of benzene rings is 2. The van der Waals surface area contributed by atoms with Crippen molar-refractivity contribution in [2.45, 2.75) is 26.9 Å². The van der Waals surface area contributed by atoms with E-state index in [0.29, 0.717) is 5.56 Å². The Morgan fingerprint density at radius 2 is 1.89 bits per heavy atom. The van der Waals surface area contributed by atoms with E-state index in [1.807, 2.05) is 50.2 Å². The van der Waals surface area contributed by atoms with Crippen LogP contribution in [0.3, 0.4) is 0 Å². The molecule has 0 saturated carbocycles. The first kappa shape index (κ1) is 18.6. The lowest BCUT2D eigenvalue weighted by Crippen LogP contribution is -2.31. The van der Waals surface area contributed by atoms with Gasteiger partial charge in [0.05, 0.1) is 12.3 Å². The van der Waals surface area contributed by atoms with Crippen molar-refractivity contribution >= 4 is 23.3 Å². The summed E-state index contributed by atoms with van der Waals surface area (Å²) in [5.74, 6) is -0.761. The number of aliphatic imine (C=N–C) groups is 1. The molecule has 0 saturated heterocycles. The van der Waals surface area contributed by atoms with E-state index in [2.05, 4.69) is 10.6 Å². The topological polar surface area (TPSA) is 79.8 Å². The molecule has 1 amide bonds. The van der Waals surface area contributed by atoms with Crippen LogP contribution in [0.5, 0.6) is 0 Å². The fourth-order valence-corrected chi connectivity index (χ4v) is 3.15. The quantitative estimate of drug-likeness (QED) is 0.799. The Kier molecular flexibility index (Phi) is 5.54. The van der Waals surface area contributed by atoms with E-state index in [1.54, 1.807) is 13.0 Å². The van der Waals surface area contributed by atoms with E-state index in [9.17, 15) is 9.59 Å². The number of para-hydroxylation sites is 1. The van der Waals surface area contributed by atoms with Crippen molar-refractivity contribution < 1.29 is 14.3 Å². The Morgan fingerprint density at radius 3 is 2.67 bits per heavy atom. The highest BCUT2D eigenvalue weighted by atomic mass is 16.5. The minimum Gasteiger partial charge on any atom is -0.465 e. The molecule has 2 aromatic rings. The largest absolute Gasteiger partial charge is 0.465 e. The molecule has 1 heterocycles. The Bertz CT molecular complexity index is 905. The molecule has 1 unspecified atom stereocenters. The minimum absolute atomic E-state index is 0.0596. The predicted octanol–water partition coefficient (Wildman–Crippen LogP) is 2.90. The van der Waals surface area contributed by atoms with Crippen molar-refractivity contribution in [1.29, 1.82) is 0 Å². The Balaban J connectivity index is 1.91. The van der Waals surface area contributed by atoms with Crippen LogP contribution in [0.15, 0.2) is 47.5 Å². The third-order valence-electron chi connectivity index (χ3n) is 4.40. The van der Waals surface area contributed by atoms with Crippen LogP contribution in [0, 0.1) is 6.92 Å². The van der Waals surface area contributed by atoms with E-state index >= 15 is 0 Å². The van der Waals surface area contributed by atoms with E-state index in [0.717, 1.165) is 28.1 Å². The fourth-order valence-electron chi connectivity index (χ4n) is 3.15. The highest BCUT2D eigenvalue weighted by Crippen LogP contribution is 2.27. The van der Waals surface area contributed by atoms with Gasteiger partial charge in [-0.1, -0.05) is 30.3 Å². The van der Waals surface area contributed by atoms with Gasteiger partial charge >= 0.3 is 5.97 Å². The zero-order chi connectivity index (χ0) is 19.4. The molecule has 0 radical (unpaired) electrons. The molecular weight excluding hydrogens is 342 g/mol. The van der Waals surface area contributed by atoms with Crippen LogP contribution in [0.25, 0.3) is 0 Å². The molecule has 0 aliphatic carbocycles. The zero-order valence-corrected chi connectivity index (χ0v) is 15.7. The average Bonchev–Trinajstić information content (AvgIpc) is 2.66. The molecule has 27 heavy (non-hydrogen) atoms. The van der Waals surface area contributed by atoms with Crippen molar-refractivity contribution in [1.82, 2.24) is 5.32 Å². The Labute approximate surface area is 158 Å². The Hall–Kier alpha value is -3.15. The molecule has 1 aliphatic heterocycles. The third kappa shape index (κ3) is 4.00. The first-order valence-corrected chi connectivity index (χ1v) is 8.98. The summed E-state index contributed by atoms with van der Waals surface area (Å²) in [6.07, 6.45) is -0.0596. The SMILES string of the molecule is CCOC(=O)CNC(=O)c1cccc(C2=NC(C)Nc3ccccc32)c1C. The summed E-state index contributed by atoms with van der Waals surface area (Å²) >= 11 is 0. The average molecular weight is 365 g/mol. The molecule has 1 atom stereocenters. The summed E-state index contributed by atoms with van der Waals surface area (Å²) in [6, 6.07) is 13.5. The van der Waals surface area contributed by atoms with Gasteiger partial charge in [0, 0.05) is 22.4 Å². The number of hydrogen-bond acceptors (Lipinski definition) is 5. The fraction of sp³-hybridized carbons (Fsp3) is 0.286. The maximum absolute atomic E-state index is 12.5. The van der Waals surface area contributed by atoms with Gasteiger partial charge in [0.2, 0.25) is 0 Å². The number of carbonyl (C=O) groups excluding carboxylic acids is 2. The molecule has 2 N–H and O–H groups in total. The Morgan fingerprint density at radius 1 is 1.15 bits per heavy atom. The van der Waals surface area contributed by atoms with Gasteiger partial charge < -0.3 is 15.4 Å². The first-order valence-electron chi connectivity index (χ1n) is 8.98. The number of carbonyl (C=O) groups is 2. The van der Waals surface area contributed by atoms with Crippen LogP contribution in [0.1, 0.15) is 40.9 Å². The molecule has 0 fully saturated rings. The van der Waals surface area contributed by atoms with Gasteiger partial charge in [0.25, 0.3) is 5.91 Å². The van der Waals surface area contributed by atoms with Crippen LogP contribution < -0.4 is 10.6 Å². The van der Waals surface area contributed by atoms with E-state index in [4.69, 9.17) is 9.73 Å².